The Morgan fingerprint density at radius 1 is 0.949 bits per heavy atom. The third-order valence-electron chi connectivity index (χ3n) is 4.78. The SMILES string of the molecule is CNCCCCN1CCN(c2cccc([N+](=O)[O-])c2)CC1.O=C(C(=O)C(F)(F)F)C(F)(F)F.O=CC(F)(F)F. The smallest absolute Gasteiger partial charge is 0.369 e. The standard InChI is InChI=1S/C15H24N4O2.C4F6O2.C2HF3O/c1-16-7-2-3-8-17-9-11-18(12-10-17)14-5-4-6-15(13-14)19(20)21;5-3(6,7)1(11)2(12)4(8,9)10;3-2(4,5)1-6/h4-6,13,16H,2-3,7-12H2,1H3;;1H. The monoisotopic (exact) mass is 584 g/mol. The molecule has 1 saturated heterocycles. The molecule has 39 heavy (non-hydrogen) atoms. The van der Waals surface area contributed by atoms with Gasteiger partial charge in [0.1, 0.15) is 0 Å². The number of nitro benzene ring substituents is 1. The molecule has 222 valence electrons. The number of Topliss-reactive ketones (excluding diaryl/α,β-unsaturated/α-hetero) is 2. The minimum absolute atomic E-state index is 0.169. The number of benzene rings is 1. The van der Waals surface area contributed by atoms with E-state index in [4.69, 9.17) is 4.79 Å². The second-order valence-corrected chi connectivity index (χ2v) is 7.73. The molecular weight excluding hydrogens is 559 g/mol. The maximum Gasteiger partial charge on any atom is 0.458 e. The van der Waals surface area contributed by atoms with Gasteiger partial charge in [0.15, 0.2) is 0 Å². The van der Waals surface area contributed by atoms with E-state index in [0.29, 0.717) is 0 Å². The molecule has 1 aliphatic heterocycles. The van der Waals surface area contributed by atoms with Crippen molar-refractivity contribution in [2.24, 2.45) is 0 Å². The van der Waals surface area contributed by atoms with Gasteiger partial charge in [0, 0.05) is 44.0 Å². The number of aldehydes is 1. The number of nitrogens with zero attached hydrogens (tertiary/aromatic N) is 3. The molecule has 0 atom stereocenters. The Hall–Kier alpha value is -3.28. The van der Waals surface area contributed by atoms with Crippen molar-refractivity contribution in [1.82, 2.24) is 10.2 Å². The average molecular weight is 584 g/mol. The summed E-state index contributed by atoms with van der Waals surface area (Å²) in [5.74, 6) is -6.81. The molecule has 1 N–H and O–H groups in total. The van der Waals surface area contributed by atoms with Crippen LogP contribution in [0.15, 0.2) is 24.3 Å². The minimum Gasteiger partial charge on any atom is -0.369 e. The van der Waals surface area contributed by atoms with E-state index >= 15 is 0 Å². The lowest BCUT2D eigenvalue weighted by molar-refractivity contribution is -0.384. The molecule has 0 saturated carbocycles. The second-order valence-electron chi connectivity index (χ2n) is 7.73. The first-order valence-corrected chi connectivity index (χ1v) is 11.0. The van der Waals surface area contributed by atoms with Crippen molar-refractivity contribution in [1.29, 1.82) is 0 Å². The van der Waals surface area contributed by atoms with Crippen LogP contribution in [0.3, 0.4) is 0 Å². The number of carbonyl (C=O) groups is 3. The zero-order valence-electron chi connectivity index (χ0n) is 20.3. The number of hydrogen-bond donors (Lipinski definition) is 1. The zero-order chi connectivity index (χ0) is 30.4. The Labute approximate surface area is 216 Å². The maximum absolute atomic E-state index is 11.2. The molecule has 0 bridgehead atoms. The van der Waals surface area contributed by atoms with Crippen molar-refractivity contribution < 1.29 is 58.8 Å². The van der Waals surface area contributed by atoms with Gasteiger partial charge >= 0.3 is 30.1 Å². The number of rotatable bonds is 8. The first kappa shape index (κ1) is 35.7. The zero-order valence-corrected chi connectivity index (χ0v) is 20.3. The van der Waals surface area contributed by atoms with Crippen molar-refractivity contribution in [3.8, 4) is 0 Å². The second kappa shape index (κ2) is 16.0. The normalized spacial score (nSPS) is 14.4. The van der Waals surface area contributed by atoms with Crippen LogP contribution in [0.2, 0.25) is 0 Å². The van der Waals surface area contributed by atoms with Crippen molar-refractivity contribution in [3.63, 3.8) is 0 Å². The fourth-order valence-corrected chi connectivity index (χ4v) is 2.93. The van der Waals surface area contributed by atoms with Crippen LogP contribution in [-0.4, -0.2) is 92.5 Å². The highest BCUT2D eigenvalue weighted by Crippen LogP contribution is 2.24. The van der Waals surface area contributed by atoms with Gasteiger partial charge in [-0.3, -0.25) is 29.4 Å². The van der Waals surface area contributed by atoms with Crippen molar-refractivity contribution >= 4 is 29.2 Å². The lowest BCUT2D eigenvalue weighted by Gasteiger charge is -2.36. The van der Waals surface area contributed by atoms with Crippen LogP contribution in [0.1, 0.15) is 12.8 Å². The van der Waals surface area contributed by atoms with E-state index in [0.717, 1.165) is 45.0 Å². The fourth-order valence-electron chi connectivity index (χ4n) is 2.93. The van der Waals surface area contributed by atoms with Gasteiger partial charge in [-0.05, 0) is 39.0 Å². The topological polar surface area (TPSA) is 113 Å². The third kappa shape index (κ3) is 15.0. The van der Waals surface area contributed by atoms with Crippen molar-refractivity contribution in [2.75, 3.05) is 51.2 Å². The van der Waals surface area contributed by atoms with Crippen LogP contribution in [0.5, 0.6) is 0 Å². The van der Waals surface area contributed by atoms with Crippen LogP contribution in [-0.2, 0) is 14.4 Å². The van der Waals surface area contributed by atoms with Crippen LogP contribution in [0.25, 0.3) is 0 Å². The Morgan fingerprint density at radius 3 is 1.82 bits per heavy atom. The molecule has 0 unspecified atom stereocenters. The Kier molecular flexibility index (Phi) is 14.6. The number of hydrogen-bond acceptors (Lipinski definition) is 8. The summed E-state index contributed by atoms with van der Waals surface area (Å²) in [6, 6.07) is 6.93. The molecular formula is C21H25F9N4O5. The summed E-state index contributed by atoms with van der Waals surface area (Å²) < 4.78 is 98.2. The molecule has 0 spiro atoms. The lowest BCUT2D eigenvalue weighted by Crippen LogP contribution is -2.46. The Balaban J connectivity index is 0.000000677. The Morgan fingerprint density at radius 2 is 1.44 bits per heavy atom. The van der Waals surface area contributed by atoms with Crippen LogP contribution >= 0.6 is 0 Å². The van der Waals surface area contributed by atoms with Crippen LogP contribution in [0.4, 0.5) is 50.9 Å². The number of halogens is 9. The summed E-state index contributed by atoms with van der Waals surface area (Å²) in [7, 11) is 1.98. The average Bonchev–Trinajstić information content (AvgIpc) is 2.85. The van der Waals surface area contributed by atoms with E-state index in [1.54, 1.807) is 18.2 Å². The largest absolute Gasteiger partial charge is 0.458 e. The maximum atomic E-state index is 11.2. The highest BCUT2D eigenvalue weighted by molar-refractivity contribution is 6.41. The molecule has 1 aliphatic rings. The molecule has 1 fully saturated rings. The van der Waals surface area contributed by atoms with E-state index in [1.807, 2.05) is 13.1 Å². The van der Waals surface area contributed by atoms with Gasteiger partial charge < -0.3 is 10.2 Å². The number of nitro groups is 1. The van der Waals surface area contributed by atoms with Crippen LogP contribution in [0, 0.1) is 10.1 Å². The predicted molar refractivity (Wildman–Crippen MR) is 119 cm³/mol. The molecule has 9 nitrogen and oxygen atoms in total. The highest BCUT2D eigenvalue weighted by Gasteiger charge is 2.54. The Bertz CT molecular complexity index is 921. The summed E-state index contributed by atoms with van der Waals surface area (Å²) in [5.41, 5.74) is 1.13. The summed E-state index contributed by atoms with van der Waals surface area (Å²) in [6.07, 6.45) is -14.8. The van der Waals surface area contributed by atoms with Crippen LogP contribution < -0.4 is 10.2 Å². The van der Waals surface area contributed by atoms with Gasteiger partial charge in [0.2, 0.25) is 6.29 Å². The number of piperazine rings is 1. The molecule has 1 aromatic carbocycles. The third-order valence-corrected chi connectivity index (χ3v) is 4.78. The van der Waals surface area contributed by atoms with Crippen molar-refractivity contribution in [3.05, 3.63) is 34.4 Å². The molecule has 0 amide bonds. The number of unbranched alkanes of at least 4 members (excludes halogenated alkanes) is 1. The van der Waals surface area contributed by atoms with Gasteiger partial charge in [-0.15, -0.1) is 0 Å². The highest BCUT2D eigenvalue weighted by atomic mass is 19.4. The summed E-state index contributed by atoms with van der Waals surface area (Å²) in [4.78, 5) is 43.1. The van der Waals surface area contributed by atoms with E-state index in [9.17, 15) is 59.2 Å². The molecule has 2 rings (SSSR count). The van der Waals surface area contributed by atoms with Crippen molar-refractivity contribution in [2.45, 2.75) is 31.4 Å². The molecule has 1 aromatic rings. The first-order valence-electron chi connectivity index (χ1n) is 11.0. The van der Waals surface area contributed by atoms with Gasteiger partial charge in [-0.25, -0.2) is 0 Å². The quantitative estimate of drug-likeness (QED) is 0.123. The number of anilines is 1. The fraction of sp³-hybridized carbons (Fsp3) is 0.571. The molecule has 1 heterocycles. The summed E-state index contributed by atoms with van der Waals surface area (Å²) >= 11 is 0. The molecule has 0 aliphatic carbocycles. The van der Waals surface area contributed by atoms with Gasteiger partial charge in [-0.2, -0.15) is 39.5 Å². The molecule has 0 aromatic heterocycles. The summed E-state index contributed by atoms with van der Waals surface area (Å²) in [5, 5.41) is 14.0. The minimum atomic E-state index is -5.77. The van der Waals surface area contributed by atoms with Gasteiger partial charge in [-0.1, -0.05) is 6.07 Å². The number of non-ortho nitro benzene ring substituents is 1. The summed E-state index contributed by atoms with van der Waals surface area (Å²) in [6.45, 7) is 6.16. The number of alkyl halides is 9. The number of ketones is 2. The lowest BCUT2D eigenvalue weighted by atomic mass is 10.2. The van der Waals surface area contributed by atoms with E-state index < -0.39 is 36.4 Å². The van der Waals surface area contributed by atoms with E-state index in [-0.39, 0.29) is 10.6 Å². The van der Waals surface area contributed by atoms with Gasteiger partial charge in [0.05, 0.1) is 4.92 Å². The molecule has 18 heteroatoms. The number of nitrogens with one attached hydrogen (secondary N) is 1. The van der Waals surface area contributed by atoms with E-state index in [2.05, 4.69) is 15.1 Å². The van der Waals surface area contributed by atoms with Gasteiger partial charge in [0.25, 0.3) is 5.69 Å². The number of carbonyl (C=O) groups excluding carboxylic acids is 3. The predicted octanol–water partition coefficient (Wildman–Crippen LogP) is 3.71. The molecule has 0 radical (unpaired) electrons. The first-order chi connectivity index (χ1) is 17.8. The van der Waals surface area contributed by atoms with E-state index in [1.165, 1.54) is 12.8 Å².